The molecule has 0 rings (SSSR count). The molecule has 1 N–H and O–H groups in total. The zero-order chi connectivity index (χ0) is 59.1. The lowest BCUT2D eigenvalue weighted by Gasteiger charge is -2.25. The number of carboxylic acids is 1. The minimum Gasteiger partial charge on any atom is -0.477 e. The van der Waals surface area contributed by atoms with Crippen molar-refractivity contribution < 1.29 is 42.9 Å². The van der Waals surface area contributed by atoms with Crippen LogP contribution in [0.2, 0.25) is 0 Å². The van der Waals surface area contributed by atoms with E-state index in [0.717, 1.165) is 135 Å². The number of carbonyl (C=O) groups is 3. The third-order valence-electron chi connectivity index (χ3n) is 13.1. The van der Waals surface area contributed by atoms with Gasteiger partial charge in [0.2, 0.25) is 0 Å². The van der Waals surface area contributed by atoms with Crippen LogP contribution in [0.3, 0.4) is 0 Å². The van der Waals surface area contributed by atoms with Gasteiger partial charge in [0.1, 0.15) is 13.2 Å². The SMILES string of the molecule is CC/C=C\C/C=C\C/C=C\C/C=C\C/C=C\C/C=C\CCCCCCCCCCCCC(=O)OC(COC(=O)CCCCCCCCCC/C=C\C/C=C\C/C=C\C/C=C\C/C=C\C/C=C\CC)COC(OCC[N+](C)(C)C)C(=O)O. The van der Waals surface area contributed by atoms with E-state index >= 15 is 0 Å². The maximum absolute atomic E-state index is 12.9. The van der Waals surface area contributed by atoms with Gasteiger partial charge in [0.15, 0.2) is 6.10 Å². The molecule has 9 heteroatoms. The minimum absolute atomic E-state index is 0.177. The highest BCUT2D eigenvalue weighted by Crippen LogP contribution is 2.15. The van der Waals surface area contributed by atoms with Gasteiger partial charge in [-0.3, -0.25) is 9.59 Å². The maximum atomic E-state index is 12.9. The summed E-state index contributed by atoms with van der Waals surface area (Å²) < 4.78 is 22.9. The van der Waals surface area contributed by atoms with Gasteiger partial charge >= 0.3 is 17.9 Å². The Kier molecular flexibility index (Phi) is 57.6. The quantitative estimate of drug-likeness (QED) is 0.0211. The average molecular weight is 1130 g/mol. The molecule has 0 saturated heterocycles. The van der Waals surface area contributed by atoms with Crippen LogP contribution >= 0.6 is 0 Å². The van der Waals surface area contributed by atoms with Crippen molar-refractivity contribution in [3.05, 3.63) is 146 Å². The second kappa shape index (κ2) is 61.2. The Balaban J connectivity index is 4.26. The smallest absolute Gasteiger partial charge is 0.361 e. The van der Waals surface area contributed by atoms with Gasteiger partial charge in [0.05, 0.1) is 34.4 Å². The Morgan fingerprint density at radius 1 is 0.370 bits per heavy atom. The number of allylic oxidation sites excluding steroid dienone is 24. The molecule has 0 aromatic rings. The molecule has 0 fully saturated rings. The normalized spacial score (nSPS) is 13.7. The lowest BCUT2D eigenvalue weighted by atomic mass is 10.0. The van der Waals surface area contributed by atoms with Crippen LogP contribution in [0.4, 0.5) is 0 Å². The molecule has 0 aromatic heterocycles. The van der Waals surface area contributed by atoms with Crippen molar-refractivity contribution in [3.8, 4) is 0 Å². The number of aliphatic carboxylic acids is 1. The van der Waals surface area contributed by atoms with Gasteiger partial charge in [-0.2, -0.15) is 0 Å². The first-order valence-electron chi connectivity index (χ1n) is 32.0. The molecule has 0 heterocycles. The van der Waals surface area contributed by atoms with Crippen LogP contribution in [0.25, 0.3) is 0 Å². The van der Waals surface area contributed by atoms with Crippen molar-refractivity contribution in [1.82, 2.24) is 0 Å². The first kappa shape index (κ1) is 76.2. The molecular weight excluding hydrogens is 1010 g/mol. The second-order valence-corrected chi connectivity index (χ2v) is 22.0. The fourth-order valence-electron chi connectivity index (χ4n) is 8.26. The molecule has 0 saturated carbocycles. The van der Waals surface area contributed by atoms with E-state index in [9.17, 15) is 19.5 Å². The molecule has 0 spiro atoms. The van der Waals surface area contributed by atoms with E-state index in [4.69, 9.17) is 18.9 Å². The molecule has 0 bridgehead atoms. The van der Waals surface area contributed by atoms with Crippen molar-refractivity contribution in [2.45, 2.75) is 245 Å². The van der Waals surface area contributed by atoms with Crippen LogP contribution in [-0.2, 0) is 33.3 Å². The highest BCUT2D eigenvalue weighted by atomic mass is 16.7. The average Bonchev–Trinajstić information content (AvgIpc) is 3.44. The number of quaternary nitrogens is 1. The first-order chi connectivity index (χ1) is 39.6. The summed E-state index contributed by atoms with van der Waals surface area (Å²) in [5, 5.41) is 9.73. The number of unbranched alkanes of at least 4 members (excludes halogenated alkanes) is 18. The Hall–Kier alpha value is -4.83. The summed E-state index contributed by atoms with van der Waals surface area (Å²) in [6, 6.07) is 0. The molecule has 0 aromatic carbocycles. The highest BCUT2D eigenvalue weighted by Gasteiger charge is 2.25. The van der Waals surface area contributed by atoms with E-state index < -0.39 is 24.3 Å². The van der Waals surface area contributed by atoms with Gasteiger partial charge in [0, 0.05) is 12.8 Å². The number of esters is 2. The summed E-state index contributed by atoms with van der Waals surface area (Å²) in [5.74, 6) is -2.04. The topological polar surface area (TPSA) is 108 Å². The lowest BCUT2D eigenvalue weighted by Crippen LogP contribution is -2.40. The van der Waals surface area contributed by atoms with Crippen molar-refractivity contribution in [3.63, 3.8) is 0 Å². The molecule has 0 radical (unpaired) electrons. The number of likely N-dealkylation sites (N-methyl/N-ethyl adjacent to an activating group) is 1. The van der Waals surface area contributed by atoms with Gasteiger partial charge in [-0.25, -0.2) is 4.79 Å². The van der Waals surface area contributed by atoms with E-state index in [-0.39, 0.29) is 38.6 Å². The number of ether oxygens (including phenoxy) is 4. The maximum Gasteiger partial charge on any atom is 0.361 e. The number of nitrogens with zero attached hydrogens (tertiary/aromatic N) is 1. The fourth-order valence-corrected chi connectivity index (χ4v) is 8.26. The van der Waals surface area contributed by atoms with Gasteiger partial charge in [-0.1, -0.05) is 250 Å². The van der Waals surface area contributed by atoms with Crippen molar-refractivity contribution >= 4 is 17.9 Å². The fraction of sp³-hybridized carbons (Fsp3) is 0.625. The van der Waals surface area contributed by atoms with Crippen molar-refractivity contribution in [2.75, 3.05) is 47.5 Å². The Morgan fingerprint density at radius 3 is 0.988 bits per heavy atom. The van der Waals surface area contributed by atoms with Crippen LogP contribution in [0.15, 0.2) is 146 Å². The molecule has 0 aliphatic heterocycles. The monoisotopic (exact) mass is 1120 g/mol. The van der Waals surface area contributed by atoms with Crippen LogP contribution in [-0.4, -0.2) is 87.4 Å². The molecule has 458 valence electrons. The van der Waals surface area contributed by atoms with Crippen LogP contribution in [0, 0.1) is 0 Å². The Bertz CT molecular complexity index is 1840. The number of rotatable bonds is 57. The minimum atomic E-state index is -1.52. The second-order valence-electron chi connectivity index (χ2n) is 22.0. The predicted molar refractivity (Wildman–Crippen MR) is 345 cm³/mol. The largest absolute Gasteiger partial charge is 0.477 e. The zero-order valence-corrected chi connectivity index (χ0v) is 52.1. The number of hydrogen-bond donors (Lipinski definition) is 1. The number of carboxylic acid groups (broad SMARTS) is 1. The highest BCUT2D eigenvalue weighted by molar-refractivity contribution is 5.71. The van der Waals surface area contributed by atoms with Gasteiger partial charge in [0.25, 0.3) is 6.29 Å². The summed E-state index contributed by atoms with van der Waals surface area (Å²) in [4.78, 5) is 37.6. The van der Waals surface area contributed by atoms with Crippen LogP contribution in [0.1, 0.15) is 232 Å². The molecule has 9 nitrogen and oxygen atoms in total. The Morgan fingerprint density at radius 2 is 0.667 bits per heavy atom. The van der Waals surface area contributed by atoms with Crippen molar-refractivity contribution in [1.29, 1.82) is 0 Å². The zero-order valence-electron chi connectivity index (χ0n) is 52.1. The van der Waals surface area contributed by atoms with Gasteiger partial charge in [-0.15, -0.1) is 0 Å². The summed E-state index contributed by atoms with van der Waals surface area (Å²) in [7, 11) is 5.96. The summed E-state index contributed by atoms with van der Waals surface area (Å²) >= 11 is 0. The van der Waals surface area contributed by atoms with Gasteiger partial charge in [-0.05, 0) is 116 Å². The molecule has 2 atom stereocenters. The third kappa shape index (κ3) is 62.6. The van der Waals surface area contributed by atoms with Gasteiger partial charge < -0.3 is 28.5 Å². The van der Waals surface area contributed by atoms with E-state index in [2.05, 4.69) is 160 Å². The first-order valence-corrected chi connectivity index (χ1v) is 32.0. The summed E-state index contributed by atoms with van der Waals surface area (Å²) in [5.41, 5.74) is 0. The lowest BCUT2D eigenvalue weighted by molar-refractivity contribution is -0.870. The molecule has 0 aliphatic rings. The number of hydrogen-bond acceptors (Lipinski definition) is 7. The molecular formula is C72H118NO8+. The molecule has 81 heavy (non-hydrogen) atoms. The van der Waals surface area contributed by atoms with E-state index in [1.54, 1.807) is 0 Å². The van der Waals surface area contributed by atoms with Crippen LogP contribution in [0.5, 0.6) is 0 Å². The standard InChI is InChI=1S/C72H117NO8/c1-6-8-10-12-14-16-18-20-22-24-26-28-30-32-34-35-37-39-41-43-45-47-49-51-53-55-57-59-61-63-70(75)81-68(67-80-72(71(76)77)78-65-64-73(3,4)5)66-79-69(74)62-60-58-56-54-52-50-48-46-44-42-40-38-36-33-31-29-27-25-23-21-19-17-15-13-11-9-7-2/h8-11,14-17,20-23,26-29,32-34,36-37,39-40,42,68,72H,6-7,12-13,18-19,24-25,30-31,35,38,41,43-67H2,1-5H3/p+1/b10-8-,11-9-,16-14-,17-15-,22-20-,23-21-,28-26-,29-27-,34-32-,36-33-,39-37-,42-40-. The third-order valence-corrected chi connectivity index (χ3v) is 13.1. The Labute approximate surface area is 496 Å². The molecule has 0 amide bonds. The van der Waals surface area contributed by atoms with Crippen molar-refractivity contribution in [2.24, 2.45) is 0 Å². The molecule has 0 aliphatic carbocycles. The molecule has 2 unspecified atom stereocenters. The predicted octanol–water partition coefficient (Wildman–Crippen LogP) is 19.6. The van der Waals surface area contributed by atoms with E-state index in [0.29, 0.717) is 17.4 Å². The van der Waals surface area contributed by atoms with E-state index in [1.165, 1.54) is 64.2 Å². The summed E-state index contributed by atoms with van der Waals surface area (Å²) in [6.45, 7) is 4.62. The van der Waals surface area contributed by atoms with Crippen LogP contribution < -0.4 is 0 Å². The number of carbonyl (C=O) groups excluding carboxylic acids is 2. The summed E-state index contributed by atoms with van der Waals surface area (Å²) in [6.07, 6.45) is 86.4. The van der Waals surface area contributed by atoms with E-state index in [1.807, 2.05) is 21.1 Å².